The third-order valence-electron chi connectivity index (χ3n) is 2.97. The lowest BCUT2D eigenvalue weighted by Crippen LogP contribution is -2.09. The smallest absolute Gasteiger partial charge is 0.121 e. The fourth-order valence-corrected chi connectivity index (χ4v) is 2.18. The van der Waals surface area contributed by atoms with Gasteiger partial charge in [0.25, 0.3) is 0 Å². The molecule has 0 radical (unpaired) electrons. The van der Waals surface area contributed by atoms with E-state index in [1.54, 1.807) is 12.1 Å². The van der Waals surface area contributed by atoms with Gasteiger partial charge < -0.3 is 5.11 Å². The lowest BCUT2D eigenvalue weighted by Gasteiger charge is -2.12. The zero-order chi connectivity index (χ0) is 13.1. The monoisotopic (exact) mass is 264 g/mol. The van der Waals surface area contributed by atoms with Crippen LogP contribution in [0.1, 0.15) is 36.9 Å². The van der Waals surface area contributed by atoms with E-state index in [-0.39, 0.29) is 0 Å². The number of hydrogen-bond acceptors (Lipinski definition) is 2. The molecule has 0 bridgehead atoms. The normalized spacial score (nSPS) is 12.7. The molecule has 1 heterocycles. The van der Waals surface area contributed by atoms with Gasteiger partial charge in [-0.25, -0.2) is 0 Å². The van der Waals surface area contributed by atoms with Crippen molar-refractivity contribution in [2.45, 2.75) is 32.9 Å². The number of aromatic nitrogens is 2. The van der Waals surface area contributed by atoms with Gasteiger partial charge >= 0.3 is 0 Å². The lowest BCUT2D eigenvalue weighted by atomic mass is 10.1. The van der Waals surface area contributed by atoms with Crippen molar-refractivity contribution in [3.63, 3.8) is 0 Å². The zero-order valence-electron chi connectivity index (χ0n) is 10.6. The molecule has 0 aliphatic heterocycles. The second-order valence-corrected chi connectivity index (χ2v) is 4.62. The highest BCUT2D eigenvalue weighted by atomic mass is 35.5. The Morgan fingerprint density at radius 2 is 2.11 bits per heavy atom. The van der Waals surface area contributed by atoms with Crippen molar-refractivity contribution in [3.05, 3.63) is 52.3 Å². The summed E-state index contributed by atoms with van der Waals surface area (Å²) >= 11 is 5.95. The molecule has 1 atom stereocenters. The van der Waals surface area contributed by atoms with Crippen LogP contribution in [0.15, 0.2) is 30.3 Å². The van der Waals surface area contributed by atoms with Crippen molar-refractivity contribution in [3.8, 4) is 0 Å². The van der Waals surface area contributed by atoms with Gasteiger partial charge in [-0.15, -0.1) is 0 Å². The molecule has 1 aromatic carbocycles. The van der Waals surface area contributed by atoms with Crippen molar-refractivity contribution in [2.75, 3.05) is 0 Å². The van der Waals surface area contributed by atoms with Crippen molar-refractivity contribution in [1.82, 2.24) is 9.78 Å². The summed E-state index contributed by atoms with van der Waals surface area (Å²) in [4.78, 5) is 0. The molecule has 0 saturated carbocycles. The Morgan fingerprint density at radius 3 is 2.72 bits per heavy atom. The van der Waals surface area contributed by atoms with Gasteiger partial charge in [-0.1, -0.05) is 30.7 Å². The van der Waals surface area contributed by atoms with Crippen molar-refractivity contribution < 1.29 is 5.11 Å². The number of aliphatic hydroxyl groups excluding tert-OH is 1. The van der Waals surface area contributed by atoms with Crippen LogP contribution < -0.4 is 0 Å². The topological polar surface area (TPSA) is 38.0 Å². The van der Waals surface area contributed by atoms with E-state index in [2.05, 4.69) is 12.0 Å². The maximum absolute atomic E-state index is 10.4. The second kappa shape index (κ2) is 5.55. The van der Waals surface area contributed by atoms with Gasteiger partial charge in [0.05, 0.1) is 11.4 Å². The quantitative estimate of drug-likeness (QED) is 0.921. The van der Waals surface area contributed by atoms with Gasteiger partial charge in [0.2, 0.25) is 0 Å². The number of aryl methyl sites for hydroxylation is 2. The van der Waals surface area contributed by atoms with E-state index in [0.717, 1.165) is 29.9 Å². The molecule has 18 heavy (non-hydrogen) atoms. The summed E-state index contributed by atoms with van der Waals surface area (Å²) in [5.41, 5.74) is 2.60. The molecule has 1 N–H and O–H groups in total. The fourth-order valence-electron chi connectivity index (χ4n) is 1.98. The van der Waals surface area contributed by atoms with Gasteiger partial charge in [-0.3, -0.25) is 4.68 Å². The molecule has 0 saturated heterocycles. The van der Waals surface area contributed by atoms with E-state index < -0.39 is 6.10 Å². The minimum absolute atomic E-state index is 0.629. The van der Waals surface area contributed by atoms with Crippen molar-refractivity contribution in [1.29, 1.82) is 0 Å². The summed E-state index contributed by atoms with van der Waals surface area (Å²) in [5.74, 6) is 0. The Kier molecular flexibility index (Phi) is 4.04. The predicted molar refractivity (Wildman–Crippen MR) is 72.8 cm³/mol. The van der Waals surface area contributed by atoms with Crippen LogP contribution in [0.3, 0.4) is 0 Å². The van der Waals surface area contributed by atoms with Crippen LogP contribution in [0.25, 0.3) is 0 Å². The highest BCUT2D eigenvalue weighted by Crippen LogP contribution is 2.25. The summed E-state index contributed by atoms with van der Waals surface area (Å²) in [5, 5.41) is 15.5. The van der Waals surface area contributed by atoms with E-state index in [1.165, 1.54) is 0 Å². The first-order chi connectivity index (χ1) is 8.65. The molecule has 96 valence electrons. The standard InChI is InChI=1S/C14H17ClN2O/c1-3-12-9-13(17(4-2)16-12)14(18)10-6-5-7-11(15)8-10/h5-9,14,18H,3-4H2,1-2H3. The number of halogens is 1. The summed E-state index contributed by atoms with van der Waals surface area (Å²) in [7, 11) is 0. The first-order valence-electron chi connectivity index (χ1n) is 6.15. The van der Waals surface area contributed by atoms with Crippen LogP contribution in [0.5, 0.6) is 0 Å². The van der Waals surface area contributed by atoms with Gasteiger partial charge in [-0.05, 0) is 37.1 Å². The Labute approximate surface area is 112 Å². The van der Waals surface area contributed by atoms with Crippen LogP contribution in [0, 0.1) is 0 Å². The summed E-state index contributed by atoms with van der Waals surface area (Å²) in [6.45, 7) is 4.81. The van der Waals surface area contributed by atoms with E-state index in [0.29, 0.717) is 5.02 Å². The van der Waals surface area contributed by atoms with Crippen LogP contribution in [0.2, 0.25) is 5.02 Å². The van der Waals surface area contributed by atoms with Crippen molar-refractivity contribution >= 4 is 11.6 Å². The molecule has 2 rings (SSSR count). The van der Waals surface area contributed by atoms with Gasteiger partial charge in [0.15, 0.2) is 0 Å². The molecular formula is C14H17ClN2O. The summed E-state index contributed by atoms with van der Waals surface area (Å²) in [6.07, 6.45) is 0.180. The van der Waals surface area contributed by atoms with Gasteiger partial charge in [0.1, 0.15) is 6.10 Å². The van der Waals surface area contributed by atoms with E-state index >= 15 is 0 Å². The zero-order valence-corrected chi connectivity index (χ0v) is 11.4. The van der Waals surface area contributed by atoms with Crippen LogP contribution >= 0.6 is 11.6 Å². The van der Waals surface area contributed by atoms with E-state index in [9.17, 15) is 5.11 Å². The van der Waals surface area contributed by atoms with Gasteiger partial charge in [0, 0.05) is 11.6 Å². The first-order valence-corrected chi connectivity index (χ1v) is 6.53. The minimum Gasteiger partial charge on any atom is -0.382 e. The Balaban J connectivity index is 2.38. The Morgan fingerprint density at radius 1 is 1.33 bits per heavy atom. The molecule has 4 heteroatoms. The molecule has 0 aliphatic rings. The maximum atomic E-state index is 10.4. The molecule has 0 fully saturated rings. The van der Waals surface area contributed by atoms with Gasteiger partial charge in [-0.2, -0.15) is 5.10 Å². The highest BCUT2D eigenvalue weighted by molar-refractivity contribution is 6.30. The SMILES string of the molecule is CCc1cc(C(O)c2cccc(Cl)c2)n(CC)n1. The average Bonchev–Trinajstić information content (AvgIpc) is 2.81. The summed E-state index contributed by atoms with van der Waals surface area (Å²) in [6, 6.07) is 9.25. The van der Waals surface area contributed by atoms with Crippen LogP contribution in [0.4, 0.5) is 0 Å². The molecule has 2 aromatic rings. The number of nitrogens with zero attached hydrogens (tertiary/aromatic N) is 2. The molecule has 1 unspecified atom stereocenters. The molecule has 0 aliphatic carbocycles. The first kappa shape index (κ1) is 13.1. The third kappa shape index (κ3) is 2.57. The minimum atomic E-state index is -0.684. The maximum Gasteiger partial charge on any atom is 0.121 e. The molecule has 0 amide bonds. The number of rotatable bonds is 4. The largest absolute Gasteiger partial charge is 0.382 e. The Hall–Kier alpha value is -1.32. The lowest BCUT2D eigenvalue weighted by molar-refractivity contribution is 0.208. The number of hydrogen-bond donors (Lipinski definition) is 1. The Bertz CT molecular complexity index is 536. The highest BCUT2D eigenvalue weighted by Gasteiger charge is 2.16. The number of aliphatic hydroxyl groups is 1. The fraction of sp³-hybridized carbons (Fsp3) is 0.357. The van der Waals surface area contributed by atoms with E-state index in [4.69, 9.17) is 11.6 Å². The third-order valence-corrected chi connectivity index (χ3v) is 3.20. The second-order valence-electron chi connectivity index (χ2n) is 4.19. The molecular weight excluding hydrogens is 248 g/mol. The summed E-state index contributed by atoms with van der Waals surface area (Å²) < 4.78 is 1.84. The molecule has 0 spiro atoms. The van der Waals surface area contributed by atoms with Crippen LogP contribution in [-0.2, 0) is 13.0 Å². The molecule has 3 nitrogen and oxygen atoms in total. The number of benzene rings is 1. The molecule has 1 aromatic heterocycles. The predicted octanol–water partition coefficient (Wildman–Crippen LogP) is 3.20. The van der Waals surface area contributed by atoms with Crippen LogP contribution in [-0.4, -0.2) is 14.9 Å². The average molecular weight is 265 g/mol. The van der Waals surface area contributed by atoms with Crippen molar-refractivity contribution in [2.24, 2.45) is 0 Å². The van der Waals surface area contributed by atoms with E-state index in [1.807, 2.05) is 29.8 Å².